The Morgan fingerprint density at radius 2 is 1.95 bits per heavy atom. The molecule has 0 saturated carbocycles. The first kappa shape index (κ1) is 14.1. The van der Waals surface area contributed by atoms with Crippen molar-refractivity contribution in [3.05, 3.63) is 34.1 Å². The minimum Gasteiger partial charge on any atom is -0.419 e. The zero-order valence-electron chi connectivity index (χ0n) is 10.4. The van der Waals surface area contributed by atoms with Crippen LogP contribution in [-0.2, 0) is 0 Å². The number of nitrogens with one attached hydrogen (secondary N) is 1. The van der Waals surface area contributed by atoms with Crippen molar-refractivity contribution in [1.29, 1.82) is 0 Å². The molecule has 1 atom stereocenters. The third-order valence-corrected chi connectivity index (χ3v) is 3.17. The van der Waals surface area contributed by atoms with E-state index in [2.05, 4.69) is 31.4 Å². The van der Waals surface area contributed by atoms with Gasteiger partial charge < -0.3 is 9.73 Å². The van der Waals surface area contributed by atoms with Gasteiger partial charge in [-0.15, -0.1) is 10.2 Å². The fourth-order valence-corrected chi connectivity index (χ4v) is 2.13. The van der Waals surface area contributed by atoms with E-state index >= 15 is 0 Å². The quantitative estimate of drug-likeness (QED) is 0.932. The Hall–Kier alpha value is -1.34. The highest BCUT2D eigenvalue weighted by molar-refractivity contribution is 9.10. The number of hydrogen-bond acceptors (Lipinski definition) is 4. The van der Waals surface area contributed by atoms with Crippen molar-refractivity contribution < 1.29 is 13.2 Å². The third kappa shape index (κ3) is 2.82. The number of halogens is 3. The molecule has 102 valence electrons. The number of rotatable bonds is 4. The summed E-state index contributed by atoms with van der Waals surface area (Å²) in [6.07, 6.45) is 0.726. The van der Waals surface area contributed by atoms with Gasteiger partial charge in [-0.2, -0.15) is 0 Å². The van der Waals surface area contributed by atoms with Gasteiger partial charge in [0.15, 0.2) is 0 Å². The molecule has 1 aromatic heterocycles. The van der Waals surface area contributed by atoms with Crippen LogP contribution in [0.5, 0.6) is 0 Å². The summed E-state index contributed by atoms with van der Waals surface area (Å²) < 4.78 is 33.2. The molecule has 1 heterocycles. The van der Waals surface area contributed by atoms with E-state index < -0.39 is 11.6 Å². The number of benzene rings is 1. The Kier molecular flexibility index (Phi) is 4.26. The second-order valence-electron chi connectivity index (χ2n) is 3.94. The SMILES string of the molecule is CCC(NC)c1nnc(-c2c(F)cc(Br)cc2F)o1. The van der Waals surface area contributed by atoms with E-state index in [0.29, 0.717) is 10.4 Å². The molecule has 0 bridgehead atoms. The predicted molar refractivity (Wildman–Crippen MR) is 69.4 cm³/mol. The molecule has 4 nitrogen and oxygen atoms in total. The summed E-state index contributed by atoms with van der Waals surface area (Å²) >= 11 is 3.01. The molecule has 0 aliphatic carbocycles. The molecular weight excluding hydrogens is 320 g/mol. The van der Waals surface area contributed by atoms with Crippen LogP contribution >= 0.6 is 15.9 Å². The summed E-state index contributed by atoms with van der Waals surface area (Å²) in [6, 6.07) is 2.16. The minimum absolute atomic E-state index is 0.136. The van der Waals surface area contributed by atoms with Crippen molar-refractivity contribution in [2.75, 3.05) is 7.05 Å². The maximum absolute atomic E-state index is 13.8. The second-order valence-corrected chi connectivity index (χ2v) is 4.86. The molecule has 0 fully saturated rings. The van der Waals surface area contributed by atoms with Gasteiger partial charge in [-0.3, -0.25) is 0 Å². The van der Waals surface area contributed by atoms with E-state index in [1.807, 2.05) is 6.92 Å². The van der Waals surface area contributed by atoms with Crippen LogP contribution in [0.15, 0.2) is 21.0 Å². The lowest BCUT2D eigenvalue weighted by atomic mass is 10.2. The summed E-state index contributed by atoms with van der Waals surface area (Å²) in [5.74, 6) is -1.35. The first-order chi connectivity index (χ1) is 9.06. The maximum atomic E-state index is 13.8. The lowest BCUT2D eigenvalue weighted by Gasteiger charge is -2.07. The molecule has 0 saturated heterocycles. The van der Waals surface area contributed by atoms with Gasteiger partial charge in [0.25, 0.3) is 5.89 Å². The molecule has 2 aromatic rings. The molecule has 7 heteroatoms. The van der Waals surface area contributed by atoms with E-state index in [1.165, 1.54) is 0 Å². The van der Waals surface area contributed by atoms with Crippen LogP contribution < -0.4 is 5.32 Å². The highest BCUT2D eigenvalue weighted by Gasteiger charge is 2.21. The van der Waals surface area contributed by atoms with E-state index in [9.17, 15) is 8.78 Å². The zero-order chi connectivity index (χ0) is 14.0. The fraction of sp³-hybridized carbons (Fsp3) is 0.333. The van der Waals surface area contributed by atoms with Gasteiger partial charge in [-0.05, 0) is 25.6 Å². The van der Waals surface area contributed by atoms with Crippen LogP contribution in [0.2, 0.25) is 0 Å². The van der Waals surface area contributed by atoms with Crippen molar-refractivity contribution >= 4 is 15.9 Å². The van der Waals surface area contributed by atoms with Crippen LogP contribution in [0.1, 0.15) is 25.3 Å². The Bertz CT molecular complexity index is 561. The molecule has 0 aliphatic heterocycles. The van der Waals surface area contributed by atoms with Gasteiger partial charge in [-0.25, -0.2) is 8.78 Å². The number of aromatic nitrogens is 2. The molecule has 1 aromatic carbocycles. The normalized spacial score (nSPS) is 12.7. The first-order valence-electron chi connectivity index (χ1n) is 5.72. The molecule has 1 unspecified atom stereocenters. The van der Waals surface area contributed by atoms with Gasteiger partial charge in [0.05, 0.1) is 6.04 Å². The number of nitrogens with zero attached hydrogens (tertiary/aromatic N) is 2. The van der Waals surface area contributed by atoms with Gasteiger partial charge in [0.2, 0.25) is 5.89 Å². The minimum atomic E-state index is -0.750. The van der Waals surface area contributed by atoms with E-state index in [0.717, 1.165) is 18.6 Å². The van der Waals surface area contributed by atoms with E-state index in [-0.39, 0.29) is 17.5 Å². The average Bonchev–Trinajstić information content (AvgIpc) is 2.78. The largest absolute Gasteiger partial charge is 0.419 e. The van der Waals surface area contributed by atoms with Gasteiger partial charge in [0, 0.05) is 4.47 Å². The first-order valence-corrected chi connectivity index (χ1v) is 6.51. The van der Waals surface area contributed by atoms with Crippen molar-refractivity contribution in [2.24, 2.45) is 0 Å². The lowest BCUT2D eigenvalue weighted by molar-refractivity contribution is 0.412. The Labute approximate surface area is 117 Å². The van der Waals surface area contributed by atoms with Gasteiger partial charge in [0.1, 0.15) is 17.2 Å². The summed E-state index contributed by atoms with van der Waals surface area (Å²) in [5.41, 5.74) is -0.312. The summed E-state index contributed by atoms with van der Waals surface area (Å²) in [4.78, 5) is 0. The van der Waals surface area contributed by atoms with Crippen molar-refractivity contribution in [3.8, 4) is 11.5 Å². The molecule has 2 rings (SSSR count). The summed E-state index contributed by atoms with van der Waals surface area (Å²) in [7, 11) is 1.75. The molecular formula is C12H12BrF2N3O. The van der Waals surface area contributed by atoms with Crippen LogP contribution in [-0.4, -0.2) is 17.2 Å². The molecule has 0 aliphatic rings. The molecule has 19 heavy (non-hydrogen) atoms. The Balaban J connectivity index is 2.43. The van der Waals surface area contributed by atoms with Crippen LogP contribution in [0.25, 0.3) is 11.5 Å². The van der Waals surface area contributed by atoms with E-state index in [4.69, 9.17) is 4.42 Å². The highest BCUT2D eigenvalue weighted by atomic mass is 79.9. The topological polar surface area (TPSA) is 51.0 Å². The fourth-order valence-electron chi connectivity index (χ4n) is 1.73. The molecule has 0 spiro atoms. The highest BCUT2D eigenvalue weighted by Crippen LogP contribution is 2.29. The standard InChI is InChI=1S/C12H12BrF2N3O/c1-3-9(16-2)11-17-18-12(19-11)10-7(14)4-6(13)5-8(10)15/h4-5,9,16H,3H2,1-2H3. The maximum Gasteiger partial charge on any atom is 0.253 e. The van der Waals surface area contributed by atoms with E-state index in [1.54, 1.807) is 7.05 Å². The smallest absolute Gasteiger partial charge is 0.253 e. The number of hydrogen-bond donors (Lipinski definition) is 1. The van der Waals surface area contributed by atoms with Gasteiger partial charge in [-0.1, -0.05) is 22.9 Å². The average molecular weight is 332 g/mol. The van der Waals surface area contributed by atoms with Crippen LogP contribution in [0, 0.1) is 11.6 Å². The van der Waals surface area contributed by atoms with Gasteiger partial charge >= 0.3 is 0 Å². The summed E-state index contributed by atoms with van der Waals surface area (Å²) in [6.45, 7) is 1.94. The molecule has 0 radical (unpaired) electrons. The lowest BCUT2D eigenvalue weighted by Crippen LogP contribution is -2.15. The monoisotopic (exact) mass is 331 g/mol. The zero-order valence-corrected chi connectivity index (χ0v) is 12.0. The van der Waals surface area contributed by atoms with Crippen molar-refractivity contribution in [2.45, 2.75) is 19.4 Å². The van der Waals surface area contributed by atoms with Crippen molar-refractivity contribution in [3.63, 3.8) is 0 Å². The summed E-state index contributed by atoms with van der Waals surface area (Å²) in [5, 5.41) is 10.5. The Morgan fingerprint density at radius 1 is 1.32 bits per heavy atom. The Morgan fingerprint density at radius 3 is 2.47 bits per heavy atom. The second kappa shape index (κ2) is 5.75. The predicted octanol–water partition coefficient (Wildman–Crippen LogP) is 3.45. The third-order valence-electron chi connectivity index (χ3n) is 2.72. The van der Waals surface area contributed by atoms with Crippen molar-refractivity contribution in [1.82, 2.24) is 15.5 Å². The molecule has 1 N–H and O–H groups in total. The molecule has 0 amide bonds. The van der Waals surface area contributed by atoms with Crippen LogP contribution in [0.4, 0.5) is 8.78 Å². The van der Waals surface area contributed by atoms with Crippen LogP contribution in [0.3, 0.4) is 0 Å².